The number of nitrogens with zero attached hydrogens (tertiary/aromatic N) is 1. The molecule has 0 aromatic heterocycles. The van der Waals surface area contributed by atoms with E-state index in [0.717, 1.165) is 25.9 Å². The van der Waals surface area contributed by atoms with Crippen LogP contribution in [0, 0.1) is 11.8 Å². The molecule has 1 aliphatic rings. The highest BCUT2D eigenvalue weighted by Crippen LogP contribution is 2.41. The van der Waals surface area contributed by atoms with Crippen LogP contribution in [0.2, 0.25) is 0 Å². The Kier molecular flexibility index (Phi) is 6.69. The number of hydrogen-bond acceptors (Lipinski definition) is 3. The molecule has 0 radical (unpaired) electrons. The van der Waals surface area contributed by atoms with Crippen LogP contribution in [0.15, 0.2) is 54.6 Å². The second kappa shape index (κ2) is 9.40. The molecule has 148 valence electrons. The molecule has 1 aliphatic carbocycles. The van der Waals surface area contributed by atoms with E-state index < -0.39 is 0 Å². The van der Waals surface area contributed by atoms with Crippen molar-refractivity contribution in [1.82, 2.24) is 4.90 Å². The fourth-order valence-corrected chi connectivity index (χ4v) is 3.36. The molecule has 1 N–H and O–H groups in total. The third-order valence-corrected chi connectivity index (χ3v) is 4.86. The quantitative estimate of drug-likeness (QED) is 0.686. The van der Waals surface area contributed by atoms with E-state index in [-0.39, 0.29) is 23.7 Å². The Hall–Kier alpha value is -2.82. The number of nitrogens with one attached hydrogen (secondary N) is 1. The van der Waals surface area contributed by atoms with Crippen molar-refractivity contribution in [3.8, 4) is 11.5 Å². The summed E-state index contributed by atoms with van der Waals surface area (Å²) in [5.74, 6) is 0.837. The predicted molar refractivity (Wildman–Crippen MR) is 110 cm³/mol. The molecule has 3 rings (SSSR count). The summed E-state index contributed by atoms with van der Waals surface area (Å²) in [7, 11) is 0. The molecular formula is C23H28N2O3. The van der Waals surface area contributed by atoms with E-state index in [9.17, 15) is 9.59 Å². The maximum Gasteiger partial charge on any atom is 0.228 e. The fraction of sp³-hybridized carbons (Fsp3) is 0.391. The van der Waals surface area contributed by atoms with Crippen molar-refractivity contribution in [2.75, 3.05) is 18.4 Å². The van der Waals surface area contributed by atoms with Crippen LogP contribution in [0.25, 0.3) is 0 Å². The largest absolute Gasteiger partial charge is 0.455 e. The molecule has 5 nitrogen and oxygen atoms in total. The second-order valence-electron chi connectivity index (χ2n) is 7.17. The van der Waals surface area contributed by atoms with Gasteiger partial charge in [-0.05, 0) is 43.5 Å². The molecule has 2 atom stereocenters. The minimum Gasteiger partial charge on any atom is -0.455 e. The lowest BCUT2D eigenvalue weighted by molar-refractivity contribution is -0.134. The minimum absolute atomic E-state index is 0.109. The summed E-state index contributed by atoms with van der Waals surface area (Å²) in [4.78, 5) is 27.3. The van der Waals surface area contributed by atoms with Crippen molar-refractivity contribution in [1.29, 1.82) is 0 Å². The van der Waals surface area contributed by atoms with Gasteiger partial charge in [0.05, 0.1) is 17.5 Å². The molecular weight excluding hydrogens is 352 g/mol. The smallest absolute Gasteiger partial charge is 0.228 e. The molecule has 2 amide bonds. The summed E-state index contributed by atoms with van der Waals surface area (Å²) in [6.07, 6.45) is 2.48. The Morgan fingerprint density at radius 3 is 2.29 bits per heavy atom. The number of ether oxygens (including phenoxy) is 1. The van der Waals surface area contributed by atoms with Gasteiger partial charge in [0.15, 0.2) is 5.75 Å². The zero-order chi connectivity index (χ0) is 19.9. The molecule has 2 aromatic rings. The van der Waals surface area contributed by atoms with Crippen molar-refractivity contribution in [3.05, 3.63) is 54.6 Å². The van der Waals surface area contributed by atoms with Crippen molar-refractivity contribution < 1.29 is 14.3 Å². The molecule has 1 saturated carbocycles. The zero-order valence-corrected chi connectivity index (χ0v) is 16.6. The van der Waals surface area contributed by atoms with Crippen LogP contribution in [0.5, 0.6) is 11.5 Å². The molecule has 0 spiro atoms. The third-order valence-electron chi connectivity index (χ3n) is 4.86. The van der Waals surface area contributed by atoms with Crippen molar-refractivity contribution in [3.63, 3.8) is 0 Å². The van der Waals surface area contributed by atoms with Crippen molar-refractivity contribution >= 4 is 17.5 Å². The topological polar surface area (TPSA) is 58.6 Å². The molecule has 0 bridgehead atoms. The Labute approximate surface area is 166 Å². The molecule has 5 heteroatoms. The molecule has 2 unspecified atom stereocenters. The maximum atomic E-state index is 12.7. The number of carbonyl (C=O) groups excluding carboxylic acids is 2. The number of amides is 2. The normalized spacial score (nSPS) is 17.6. The molecule has 2 aromatic carbocycles. The maximum absolute atomic E-state index is 12.7. The van der Waals surface area contributed by atoms with Gasteiger partial charge >= 0.3 is 0 Å². The monoisotopic (exact) mass is 380 g/mol. The summed E-state index contributed by atoms with van der Waals surface area (Å²) in [5.41, 5.74) is 0.619. The summed E-state index contributed by atoms with van der Waals surface area (Å²) in [6.45, 7) is 5.64. The van der Waals surface area contributed by atoms with Crippen LogP contribution in [0.3, 0.4) is 0 Å². The molecule has 28 heavy (non-hydrogen) atoms. The van der Waals surface area contributed by atoms with Gasteiger partial charge in [-0.25, -0.2) is 0 Å². The van der Waals surface area contributed by atoms with Crippen LogP contribution in [0.4, 0.5) is 5.69 Å². The van der Waals surface area contributed by atoms with Crippen molar-refractivity contribution in [2.45, 2.75) is 33.1 Å². The van der Waals surface area contributed by atoms with E-state index in [2.05, 4.69) is 19.2 Å². The minimum atomic E-state index is -0.256. The first-order valence-corrected chi connectivity index (χ1v) is 10.1. The summed E-state index contributed by atoms with van der Waals surface area (Å²) in [5, 5.41) is 2.95. The van der Waals surface area contributed by atoms with Crippen molar-refractivity contribution in [2.24, 2.45) is 11.8 Å². The van der Waals surface area contributed by atoms with Crippen LogP contribution >= 0.6 is 0 Å². The highest BCUT2D eigenvalue weighted by Gasteiger charge is 2.49. The predicted octanol–water partition coefficient (Wildman–Crippen LogP) is 4.70. The van der Waals surface area contributed by atoms with Gasteiger partial charge in [0.2, 0.25) is 11.8 Å². The van der Waals surface area contributed by atoms with Gasteiger partial charge in [-0.2, -0.15) is 0 Å². The summed E-state index contributed by atoms with van der Waals surface area (Å²) < 4.78 is 5.90. The Morgan fingerprint density at radius 2 is 1.61 bits per heavy atom. The number of carbonyl (C=O) groups is 2. The van der Waals surface area contributed by atoms with Crippen LogP contribution < -0.4 is 10.1 Å². The Balaban J connectivity index is 1.62. The molecule has 1 fully saturated rings. The van der Waals surface area contributed by atoms with Gasteiger partial charge in [0, 0.05) is 13.1 Å². The molecule has 0 aliphatic heterocycles. The summed E-state index contributed by atoms with van der Waals surface area (Å²) >= 11 is 0. The first-order valence-electron chi connectivity index (χ1n) is 10.1. The SMILES string of the molecule is CCCN(CCC)C(=O)C1CC1C(=O)Nc1ccccc1Oc1ccccc1. The van der Waals surface area contributed by atoms with Gasteiger partial charge in [0.25, 0.3) is 0 Å². The van der Waals surface area contributed by atoms with Gasteiger partial charge in [-0.1, -0.05) is 44.2 Å². The third kappa shape index (κ3) is 4.91. The van der Waals surface area contributed by atoms with Crippen LogP contribution in [0.1, 0.15) is 33.1 Å². The van der Waals surface area contributed by atoms with E-state index in [4.69, 9.17) is 4.74 Å². The first-order chi connectivity index (χ1) is 13.6. The zero-order valence-electron chi connectivity index (χ0n) is 16.6. The van der Waals surface area contributed by atoms with Gasteiger partial charge in [0.1, 0.15) is 5.75 Å². The van der Waals surface area contributed by atoms with E-state index in [1.807, 2.05) is 59.5 Å². The van der Waals surface area contributed by atoms with E-state index in [1.165, 1.54) is 0 Å². The average Bonchev–Trinajstić information content (AvgIpc) is 3.51. The second-order valence-corrected chi connectivity index (χ2v) is 7.17. The average molecular weight is 380 g/mol. The number of anilines is 1. The van der Waals surface area contributed by atoms with E-state index in [0.29, 0.717) is 23.6 Å². The number of benzene rings is 2. The van der Waals surface area contributed by atoms with E-state index in [1.54, 1.807) is 0 Å². The van der Waals surface area contributed by atoms with E-state index >= 15 is 0 Å². The highest BCUT2D eigenvalue weighted by atomic mass is 16.5. The number of rotatable bonds is 9. The van der Waals surface area contributed by atoms with Crippen LogP contribution in [-0.2, 0) is 9.59 Å². The van der Waals surface area contributed by atoms with Gasteiger partial charge in [-0.3, -0.25) is 9.59 Å². The lowest BCUT2D eigenvalue weighted by atomic mass is 10.2. The fourth-order valence-electron chi connectivity index (χ4n) is 3.36. The van der Waals surface area contributed by atoms with Gasteiger partial charge < -0.3 is 15.0 Å². The Morgan fingerprint density at radius 1 is 0.964 bits per heavy atom. The molecule has 0 heterocycles. The first kappa shape index (κ1) is 19.9. The number of hydrogen-bond donors (Lipinski definition) is 1. The van der Waals surface area contributed by atoms with Gasteiger partial charge in [-0.15, -0.1) is 0 Å². The standard InChI is InChI=1S/C23H28N2O3/c1-3-14-25(15-4-2)23(27)19-16-18(19)22(26)24-20-12-8-9-13-21(20)28-17-10-6-5-7-11-17/h5-13,18-19H,3-4,14-16H2,1-2H3,(H,24,26). The van der Waals surface area contributed by atoms with Crippen LogP contribution in [-0.4, -0.2) is 29.8 Å². The molecule has 0 saturated heterocycles. The lowest BCUT2D eigenvalue weighted by Gasteiger charge is -2.21. The highest BCUT2D eigenvalue weighted by molar-refractivity contribution is 6.00. The lowest BCUT2D eigenvalue weighted by Crippen LogP contribution is -2.34. The number of para-hydroxylation sites is 3. The summed E-state index contributed by atoms with van der Waals surface area (Å²) in [6, 6.07) is 16.8. The Bertz CT molecular complexity index is 801.